The minimum Gasteiger partial charge on any atom is -0.392 e. The van der Waals surface area contributed by atoms with Crippen LogP contribution >= 0.6 is 27.5 Å². The van der Waals surface area contributed by atoms with Gasteiger partial charge in [-0.3, -0.25) is 0 Å². The predicted octanol–water partition coefficient (Wildman–Crippen LogP) is 2.58. The molecule has 0 fully saturated rings. The van der Waals surface area contributed by atoms with Crippen molar-refractivity contribution in [3.8, 4) is 11.8 Å². The molecule has 0 atom stereocenters. The smallest absolute Gasteiger partial charge is 0.0682 e. The van der Waals surface area contributed by atoms with Gasteiger partial charge >= 0.3 is 0 Å². The topological polar surface area (TPSA) is 20.2 Å². The molecule has 1 N–H and O–H groups in total. The number of alkyl halides is 1. The van der Waals surface area contributed by atoms with Crippen LogP contribution in [-0.2, 0) is 6.61 Å². The van der Waals surface area contributed by atoms with Crippen LogP contribution in [0.2, 0.25) is 5.02 Å². The maximum Gasteiger partial charge on any atom is 0.0682 e. The first-order valence-electron chi connectivity index (χ1n) is 3.72. The van der Waals surface area contributed by atoms with Crippen molar-refractivity contribution in [2.45, 2.75) is 6.61 Å². The Morgan fingerprint density at radius 2 is 2.23 bits per heavy atom. The summed E-state index contributed by atoms with van der Waals surface area (Å²) in [6, 6.07) is 5.31. The largest absolute Gasteiger partial charge is 0.392 e. The fourth-order valence-electron chi connectivity index (χ4n) is 0.895. The molecule has 0 amide bonds. The average Bonchev–Trinajstić information content (AvgIpc) is 2.17. The Bertz CT molecular complexity index is 352. The maximum absolute atomic E-state index is 8.88. The number of rotatable bonds is 1. The molecule has 1 rings (SSSR count). The Hall–Kier alpha value is -0.490. The second-order valence-corrected chi connectivity index (χ2v) is 3.38. The van der Waals surface area contributed by atoms with E-state index in [1.807, 2.05) is 0 Å². The van der Waals surface area contributed by atoms with Gasteiger partial charge < -0.3 is 5.11 Å². The van der Waals surface area contributed by atoms with Gasteiger partial charge in [-0.25, -0.2) is 0 Å². The van der Waals surface area contributed by atoms with Crippen LogP contribution < -0.4 is 0 Å². The van der Waals surface area contributed by atoms with Crippen LogP contribution in [0.1, 0.15) is 11.1 Å². The van der Waals surface area contributed by atoms with Crippen LogP contribution in [0.15, 0.2) is 18.2 Å². The highest BCUT2D eigenvalue weighted by molar-refractivity contribution is 9.09. The van der Waals surface area contributed by atoms with Gasteiger partial charge in [-0.15, -0.1) is 0 Å². The van der Waals surface area contributed by atoms with Crippen molar-refractivity contribution in [1.82, 2.24) is 0 Å². The first-order chi connectivity index (χ1) is 6.27. The Morgan fingerprint density at radius 1 is 1.46 bits per heavy atom. The highest BCUT2D eigenvalue weighted by Crippen LogP contribution is 2.16. The number of aliphatic hydroxyl groups is 1. The van der Waals surface area contributed by atoms with E-state index in [2.05, 4.69) is 27.8 Å². The third-order valence-electron chi connectivity index (χ3n) is 1.50. The third kappa shape index (κ3) is 3.04. The second-order valence-electron chi connectivity index (χ2n) is 2.41. The summed E-state index contributed by atoms with van der Waals surface area (Å²) >= 11 is 9.09. The zero-order valence-electron chi connectivity index (χ0n) is 6.85. The van der Waals surface area contributed by atoms with E-state index in [9.17, 15) is 0 Å². The molecule has 0 heterocycles. The Labute approximate surface area is 90.9 Å². The molecule has 0 aliphatic carbocycles. The van der Waals surface area contributed by atoms with Gasteiger partial charge in [0.2, 0.25) is 0 Å². The Balaban J connectivity index is 3.04. The molecule has 13 heavy (non-hydrogen) atoms. The van der Waals surface area contributed by atoms with Crippen molar-refractivity contribution in [1.29, 1.82) is 0 Å². The maximum atomic E-state index is 8.88. The number of benzene rings is 1. The molecule has 0 aliphatic rings. The standard InChI is InChI=1S/C10H8BrClO/c11-5-1-2-9-6-8(7-13)3-4-10(9)12/h3-4,6,13H,5,7H2. The van der Waals surface area contributed by atoms with Crippen molar-refractivity contribution in [2.24, 2.45) is 0 Å². The van der Waals surface area contributed by atoms with E-state index in [1.165, 1.54) is 0 Å². The molecular weight excluding hydrogens is 251 g/mol. The van der Waals surface area contributed by atoms with E-state index in [4.69, 9.17) is 16.7 Å². The van der Waals surface area contributed by atoms with Gasteiger partial charge in [0.15, 0.2) is 0 Å². The normalized spacial score (nSPS) is 9.15. The predicted molar refractivity (Wildman–Crippen MR) is 58.0 cm³/mol. The summed E-state index contributed by atoms with van der Waals surface area (Å²) in [7, 11) is 0. The van der Waals surface area contributed by atoms with Crippen LogP contribution in [0, 0.1) is 11.8 Å². The van der Waals surface area contributed by atoms with Crippen LogP contribution in [-0.4, -0.2) is 10.4 Å². The van der Waals surface area contributed by atoms with Crippen molar-refractivity contribution in [3.05, 3.63) is 34.3 Å². The fraction of sp³-hybridized carbons (Fsp3) is 0.200. The van der Waals surface area contributed by atoms with Crippen LogP contribution in [0.25, 0.3) is 0 Å². The fourth-order valence-corrected chi connectivity index (χ4v) is 1.20. The van der Waals surface area contributed by atoms with Crippen LogP contribution in [0.5, 0.6) is 0 Å². The minimum absolute atomic E-state index is 0.0140. The molecule has 3 heteroatoms. The molecular formula is C10H8BrClO. The van der Waals surface area contributed by atoms with Crippen LogP contribution in [0.3, 0.4) is 0 Å². The first-order valence-corrected chi connectivity index (χ1v) is 5.22. The molecule has 0 aromatic heterocycles. The Morgan fingerprint density at radius 3 is 2.85 bits per heavy atom. The molecule has 0 saturated heterocycles. The molecule has 0 saturated carbocycles. The van der Waals surface area contributed by atoms with E-state index in [-0.39, 0.29) is 6.61 Å². The molecule has 0 bridgehead atoms. The molecule has 1 aromatic rings. The van der Waals surface area contributed by atoms with Crippen molar-refractivity contribution in [2.75, 3.05) is 5.33 Å². The number of aliphatic hydroxyl groups excluding tert-OH is 1. The van der Waals surface area contributed by atoms with Crippen molar-refractivity contribution >= 4 is 27.5 Å². The summed E-state index contributed by atoms with van der Waals surface area (Å²) in [5.41, 5.74) is 1.58. The molecule has 1 aromatic carbocycles. The van der Waals surface area contributed by atoms with Gasteiger partial charge in [-0.05, 0) is 17.7 Å². The monoisotopic (exact) mass is 258 g/mol. The molecule has 68 valence electrons. The van der Waals surface area contributed by atoms with Crippen molar-refractivity contribution < 1.29 is 5.11 Å². The van der Waals surface area contributed by atoms with E-state index in [0.717, 1.165) is 11.1 Å². The first kappa shape index (κ1) is 10.6. The highest BCUT2D eigenvalue weighted by Gasteiger charge is 1.97. The SMILES string of the molecule is OCc1ccc(Cl)c(C#CCBr)c1. The summed E-state index contributed by atoms with van der Waals surface area (Å²) in [6.45, 7) is 0.0140. The highest BCUT2D eigenvalue weighted by atomic mass is 79.9. The summed E-state index contributed by atoms with van der Waals surface area (Å²) in [6.07, 6.45) is 0. The van der Waals surface area contributed by atoms with E-state index < -0.39 is 0 Å². The van der Waals surface area contributed by atoms with Crippen molar-refractivity contribution in [3.63, 3.8) is 0 Å². The van der Waals surface area contributed by atoms with Gasteiger partial charge in [-0.1, -0.05) is 45.4 Å². The molecule has 0 spiro atoms. The zero-order valence-corrected chi connectivity index (χ0v) is 9.19. The van der Waals surface area contributed by atoms with Gasteiger partial charge in [0, 0.05) is 5.56 Å². The lowest BCUT2D eigenvalue weighted by Crippen LogP contribution is -1.85. The van der Waals surface area contributed by atoms with E-state index in [0.29, 0.717) is 10.4 Å². The summed E-state index contributed by atoms with van der Waals surface area (Å²) in [5, 5.41) is 10.1. The summed E-state index contributed by atoms with van der Waals surface area (Å²) in [4.78, 5) is 0. The Kier molecular flexibility index (Phi) is 4.31. The van der Waals surface area contributed by atoms with E-state index >= 15 is 0 Å². The summed E-state index contributed by atoms with van der Waals surface area (Å²) in [5.74, 6) is 5.75. The summed E-state index contributed by atoms with van der Waals surface area (Å²) < 4.78 is 0. The lowest BCUT2D eigenvalue weighted by Gasteiger charge is -1.98. The molecule has 1 nitrogen and oxygen atoms in total. The molecule has 0 aliphatic heterocycles. The minimum atomic E-state index is 0.0140. The number of hydrogen-bond donors (Lipinski definition) is 1. The average molecular weight is 260 g/mol. The van der Waals surface area contributed by atoms with Crippen LogP contribution in [0.4, 0.5) is 0 Å². The van der Waals surface area contributed by atoms with Gasteiger partial charge in [0.1, 0.15) is 0 Å². The lowest BCUT2D eigenvalue weighted by molar-refractivity contribution is 0.282. The van der Waals surface area contributed by atoms with E-state index in [1.54, 1.807) is 18.2 Å². The quantitative estimate of drug-likeness (QED) is 0.607. The number of halogens is 2. The lowest BCUT2D eigenvalue weighted by atomic mass is 10.1. The molecule has 0 unspecified atom stereocenters. The zero-order chi connectivity index (χ0) is 9.68. The third-order valence-corrected chi connectivity index (χ3v) is 2.11. The number of hydrogen-bond acceptors (Lipinski definition) is 1. The van der Waals surface area contributed by atoms with Gasteiger partial charge in [-0.2, -0.15) is 0 Å². The van der Waals surface area contributed by atoms with Gasteiger partial charge in [0.05, 0.1) is 17.0 Å². The second kappa shape index (κ2) is 5.29. The molecule has 0 radical (unpaired) electrons. The van der Waals surface area contributed by atoms with Gasteiger partial charge in [0.25, 0.3) is 0 Å².